The molecule has 2 aromatic rings. The maximum absolute atomic E-state index is 13.3. The van der Waals surface area contributed by atoms with Crippen LogP contribution in [0.1, 0.15) is 23.7 Å². The zero-order valence-electron chi connectivity index (χ0n) is 14.7. The molecule has 0 unspecified atom stereocenters. The van der Waals surface area contributed by atoms with Gasteiger partial charge in [0.25, 0.3) is 5.91 Å². The maximum Gasteiger partial charge on any atom is 0.255 e. The predicted molar refractivity (Wildman–Crippen MR) is 99.9 cm³/mol. The molecule has 0 aromatic heterocycles. The first-order valence-electron chi connectivity index (χ1n) is 8.77. The lowest BCUT2D eigenvalue weighted by atomic mass is 10.1. The molecular weight excluding hydrogens is 333 g/mol. The molecule has 1 saturated heterocycles. The molecule has 1 aliphatic rings. The van der Waals surface area contributed by atoms with E-state index in [2.05, 4.69) is 10.2 Å². The third-order valence-corrected chi connectivity index (χ3v) is 4.51. The molecule has 136 valence electrons. The number of hydrogen-bond donors (Lipinski definition) is 1. The lowest BCUT2D eigenvalue weighted by Gasteiger charge is -2.36. The highest BCUT2D eigenvalue weighted by molar-refractivity contribution is 6.06. The van der Waals surface area contributed by atoms with Crippen LogP contribution in [0.3, 0.4) is 0 Å². The van der Waals surface area contributed by atoms with Crippen LogP contribution >= 0.6 is 0 Å². The third kappa shape index (κ3) is 4.02. The van der Waals surface area contributed by atoms with Gasteiger partial charge >= 0.3 is 0 Å². The Hall–Kier alpha value is -2.89. The van der Waals surface area contributed by atoms with Crippen LogP contribution in [0.5, 0.6) is 0 Å². The summed E-state index contributed by atoms with van der Waals surface area (Å²) in [5.74, 6) is -0.628. The van der Waals surface area contributed by atoms with Crippen molar-refractivity contribution in [3.8, 4) is 0 Å². The van der Waals surface area contributed by atoms with E-state index in [1.807, 2.05) is 36.1 Å². The summed E-state index contributed by atoms with van der Waals surface area (Å²) in [4.78, 5) is 28.3. The van der Waals surface area contributed by atoms with Crippen molar-refractivity contribution in [1.82, 2.24) is 4.90 Å². The Morgan fingerprint density at radius 2 is 1.77 bits per heavy atom. The van der Waals surface area contributed by atoms with Crippen molar-refractivity contribution >= 4 is 23.2 Å². The minimum atomic E-state index is -0.442. The second-order valence-electron chi connectivity index (χ2n) is 6.20. The first kappa shape index (κ1) is 17.9. The van der Waals surface area contributed by atoms with E-state index in [1.165, 1.54) is 18.2 Å². The molecule has 0 aliphatic carbocycles. The number of benzene rings is 2. The summed E-state index contributed by atoms with van der Waals surface area (Å²) in [5, 5.41) is 2.87. The molecule has 1 aliphatic heterocycles. The third-order valence-electron chi connectivity index (χ3n) is 4.51. The van der Waals surface area contributed by atoms with Gasteiger partial charge in [-0.05, 0) is 30.3 Å². The van der Waals surface area contributed by atoms with Gasteiger partial charge in [0, 0.05) is 38.2 Å². The Morgan fingerprint density at radius 3 is 2.46 bits per heavy atom. The van der Waals surface area contributed by atoms with E-state index >= 15 is 0 Å². The second kappa shape index (κ2) is 7.99. The van der Waals surface area contributed by atoms with Crippen LogP contribution < -0.4 is 10.2 Å². The normalized spacial score (nSPS) is 14.2. The van der Waals surface area contributed by atoms with Crippen molar-refractivity contribution in [3.63, 3.8) is 0 Å². The van der Waals surface area contributed by atoms with E-state index < -0.39 is 5.82 Å². The van der Waals surface area contributed by atoms with Crippen molar-refractivity contribution in [2.24, 2.45) is 0 Å². The van der Waals surface area contributed by atoms with Crippen molar-refractivity contribution in [2.45, 2.75) is 13.3 Å². The van der Waals surface area contributed by atoms with Crippen molar-refractivity contribution in [2.75, 3.05) is 36.4 Å². The Kier molecular flexibility index (Phi) is 5.51. The summed E-state index contributed by atoms with van der Waals surface area (Å²) < 4.78 is 13.3. The average molecular weight is 355 g/mol. The molecule has 0 spiro atoms. The van der Waals surface area contributed by atoms with Crippen LogP contribution in [-0.4, -0.2) is 42.9 Å². The molecule has 5 nitrogen and oxygen atoms in total. The van der Waals surface area contributed by atoms with E-state index in [-0.39, 0.29) is 17.4 Å². The van der Waals surface area contributed by atoms with Gasteiger partial charge in [0.15, 0.2) is 0 Å². The number of amides is 2. The summed E-state index contributed by atoms with van der Waals surface area (Å²) in [6.07, 6.45) is 0.514. The molecule has 0 atom stereocenters. The molecule has 1 N–H and O–H groups in total. The van der Waals surface area contributed by atoms with Crippen LogP contribution in [0.25, 0.3) is 0 Å². The molecule has 1 heterocycles. The van der Waals surface area contributed by atoms with Gasteiger partial charge in [-0.2, -0.15) is 0 Å². The standard InChI is InChI=1S/C20H22FN3O2/c1-2-19(25)24-12-10-23(11-13-24)18-9-4-3-8-17(18)22-20(26)15-6-5-7-16(21)14-15/h3-9,14H,2,10-13H2,1H3,(H,22,26). The maximum atomic E-state index is 13.3. The number of rotatable bonds is 4. The molecule has 0 bridgehead atoms. The van der Waals surface area contributed by atoms with Crippen molar-refractivity contribution < 1.29 is 14.0 Å². The number of hydrogen-bond acceptors (Lipinski definition) is 3. The summed E-state index contributed by atoms with van der Waals surface area (Å²) in [7, 11) is 0. The Morgan fingerprint density at radius 1 is 1.04 bits per heavy atom. The largest absolute Gasteiger partial charge is 0.366 e. The summed E-state index contributed by atoms with van der Waals surface area (Å²) in [6, 6.07) is 13.2. The number of nitrogens with zero attached hydrogens (tertiary/aromatic N) is 2. The molecular formula is C20H22FN3O2. The highest BCUT2D eigenvalue weighted by atomic mass is 19.1. The van der Waals surface area contributed by atoms with Gasteiger partial charge < -0.3 is 15.1 Å². The molecule has 1 fully saturated rings. The fraction of sp³-hybridized carbons (Fsp3) is 0.300. The minimum Gasteiger partial charge on any atom is -0.366 e. The SMILES string of the molecule is CCC(=O)N1CCN(c2ccccc2NC(=O)c2cccc(F)c2)CC1. The number of piperazine rings is 1. The smallest absolute Gasteiger partial charge is 0.255 e. The molecule has 2 aromatic carbocycles. The number of carbonyl (C=O) groups is 2. The van der Waals surface area contributed by atoms with Gasteiger partial charge in [-0.3, -0.25) is 9.59 Å². The van der Waals surface area contributed by atoms with Crippen molar-refractivity contribution in [1.29, 1.82) is 0 Å². The molecule has 3 rings (SSSR count). The van der Waals surface area contributed by atoms with Crippen LogP contribution in [0.2, 0.25) is 0 Å². The second-order valence-corrected chi connectivity index (χ2v) is 6.20. The number of halogens is 1. The van der Waals surface area contributed by atoms with E-state index in [1.54, 1.807) is 6.07 Å². The Balaban J connectivity index is 1.73. The molecule has 0 radical (unpaired) electrons. The van der Waals surface area contributed by atoms with E-state index in [4.69, 9.17) is 0 Å². The fourth-order valence-corrected chi connectivity index (χ4v) is 3.10. The van der Waals surface area contributed by atoms with Gasteiger partial charge in [-0.15, -0.1) is 0 Å². The highest BCUT2D eigenvalue weighted by Gasteiger charge is 2.22. The zero-order valence-corrected chi connectivity index (χ0v) is 14.7. The van der Waals surface area contributed by atoms with E-state index in [0.717, 1.165) is 5.69 Å². The van der Waals surface area contributed by atoms with Gasteiger partial charge in [-0.25, -0.2) is 4.39 Å². The fourth-order valence-electron chi connectivity index (χ4n) is 3.10. The average Bonchev–Trinajstić information content (AvgIpc) is 2.68. The lowest BCUT2D eigenvalue weighted by Crippen LogP contribution is -2.48. The van der Waals surface area contributed by atoms with Crippen molar-refractivity contribution in [3.05, 3.63) is 59.9 Å². The quantitative estimate of drug-likeness (QED) is 0.917. The Bertz CT molecular complexity index is 801. The van der Waals surface area contributed by atoms with Gasteiger partial charge in [0.05, 0.1) is 11.4 Å². The van der Waals surface area contributed by atoms with Gasteiger partial charge in [-0.1, -0.05) is 25.1 Å². The number of anilines is 2. The molecule has 0 saturated carbocycles. The first-order valence-corrected chi connectivity index (χ1v) is 8.77. The minimum absolute atomic E-state index is 0.164. The van der Waals surface area contributed by atoms with Gasteiger partial charge in [0.2, 0.25) is 5.91 Å². The summed E-state index contributed by atoms with van der Waals surface area (Å²) >= 11 is 0. The van der Waals surface area contributed by atoms with E-state index in [0.29, 0.717) is 38.3 Å². The number of nitrogens with one attached hydrogen (secondary N) is 1. The molecule has 26 heavy (non-hydrogen) atoms. The number of para-hydroxylation sites is 2. The number of carbonyl (C=O) groups excluding carboxylic acids is 2. The molecule has 6 heteroatoms. The predicted octanol–water partition coefficient (Wildman–Crippen LogP) is 3.14. The summed E-state index contributed by atoms with van der Waals surface area (Å²) in [5.41, 5.74) is 1.86. The highest BCUT2D eigenvalue weighted by Crippen LogP contribution is 2.27. The zero-order chi connectivity index (χ0) is 18.5. The lowest BCUT2D eigenvalue weighted by molar-refractivity contribution is -0.131. The summed E-state index contributed by atoms with van der Waals surface area (Å²) in [6.45, 7) is 4.61. The van der Waals surface area contributed by atoms with Gasteiger partial charge in [0.1, 0.15) is 5.82 Å². The van der Waals surface area contributed by atoms with Crippen LogP contribution in [0.4, 0.5) is 15.8 Å². The van der Waals surface area contributed by atoms with Crippen LogP contribution in [-0.2, 0) is 4.79 Å². The van der Waals surface area contributed by atoms with E-state index in [9.17, 15) is 14.0 Å². The molecule has 2 amide bonds. The van der Waals surface area contributed by atoms with Crippen LogP contribution in [0, 0.1) is 5.82 Å². The van der Waals surface area contributed by atoms with Crippen LogP contribution in [0.15, 0.2) is 48.5 Å². The Labute approximate surface area is 152 Å². The first-order chi connectivity index (χ1) is 12.6. The topological polar surface area (TPSA) is 52.7 Å². The monoisotopic (exact) mass is 355 g/mol.